The van der Waals surface area contributed by atoms with Crippen molar-refractivity contribution in [2.24, 2.45) is 5.92 Å². The minimum Gasteiger partial charge on any atom is -0.349 e. The zero-order valence-corrected chi connectivity index (χ0v) is 17.7. The molecule has 0 unspecified atom stereocenters. The van der Waals surface area contributed by atoms with E-state index in [9.17, 15) is 9.59 Å². The van der Waals surface area contributed by atoms with Gasteiger partial charge in [0.1, 0.15) is 0 Å². The van der Waals surface area contributed by atoms with Crippen LogP contribution in [0.4, 0.5) is 5.69 Å². The molecule has 0 radical (unpaired) electrons. The maximum absolute atomic E-state index is 12.9. The highest BCUT2D eigenvalue weighted by atomic mass is 32.2. The van der Waals surface area contributed by atoms with Gasteiger partial charge >= 0.3 is 0 Å². The van der Waals surface area contributed by atoms with Crippen LogP contribution in [0, 0.1) is 5.92 Å². The number of thioether (sulfide) groups is 1. The third kappa shape index (κ3) is 4.40. The number of nitrogens with zero attached hydrogens (tertiary/aromatic N) is 1. The second kappa shape index (κ2) is 8.46. The van der Waals surface area contributed by atoms with Crippen LogP contribution >= 0.6 is 11.8 Å². The number of amides is 2. The summed E-state index contributed by atoms with van der Waals surface area (Å²) in [5, 5.41) is 3.17. The molecule has 1 N–H and O–H groups in total. The third-order valence-corrected chi connectivity index (χ3v) is 6.84. The topological polar surface area (TPSA) is 49.4 Å². The van der Waals surface area contributed by atoms with Gasteiger partial charge in [-0.05, 0) is 61.4 Å². The largest absolute Gasteiger partial charge is 0.349 e. The molecule has 0 aromatic heterocycles. The summed E-state index contributed by atoms with van der Waals surface area (Å²) >= 11 is 1.46. The summed E-state index contributed by atoms with van der Waals surface area (Å²) in [6, 6.07) is 15.7. The first kappa shape index (κ1) is 19.8. The van der Waals surface area contributed by atoms with E-state index in [1.807, 2.05) is 54.6 Å². The third-order valence-electron chi connectivity index (χ3n) is 5.77. The summed E-state index contributed by atoms with van der Waals surface area (Å²) in [7, 11) is 1.77. The molecule has 2 aromatic rings. The molecule has 1 aliphatic carbocycles. The van der Waals surface area contributed by atoms with Gasteiger partial charge in [0.2, 0.25) is 0 Å². The molecule has 0 saturated heterocycles. The number of anilines is 1. The molecule has 1 heterocycles. The molecule has 1 saturated carbocycles. The summed E-state index contributed by atoms with van der Waals surface area (Å²) in [5.41, 5.74) is 2.39. The fourth-order valence-electron chi connectivity index (χ4n) is 3.91. The molecule has 2 aliphatic rings. The Kier molecular flexibility index (Phi) is 5.76. The second-order valence-electron chi connectivity index (χ2n) is 8.00. The van der Waals surface area contributed by atoms with Crippen molar-refractivity contribution in [3.8, 4) is 0 Å². The van der Waals surface area contributed by atoms with Crippen LogP contribution in [-0.4, -0.2) is 24.9 Å². The summed E-state index contributed by atoms with van der Waals surface area (Å²) in [6.45, 7) is 2.27. The van der Waals surface area contributed by atoms with Gasteiger partial charge in [0, 0.05) is 23.5 Å². The molecule has 0 atom stereocenters. The number of carbonyl (C=O) groups is 2. The van der Waals surface area contributed by atoms with Gasteiger partial charge in [0.05, 0.1) is 10.6 Å². The van der Waals surface area contributed by atoms with Crippen LogP contribution in [0.3, 0.4) is 0 Å². The SMILES string of the molecule is CC1CCC(NC(=O)c2ccc3c(c2)N(C)C(=O)/C(=C/c2ccccc2)S3)CC1. The Morgan fingerprint density at radius 2 is 1.83 bits per heavy atom. The number of benzene rings is 2. The summed E-state index contributed by atoms with van der Waals surface area (Å²) < 4.78 is 0. The standard InChI is InChI=1S/C24H26N2O2S/c1-16-8-11-19(12-9-16)25-23(27)18-10-13-21-20(15-18)26(2)24(28)22(29-21)14-17-6-4-3-5-7-17/h3-7,10,13-16,19H,8-9,11-12H2,1-2H3,(H,25,27)/b22-14-. The van der Waals surface area contributed by atoms with E-state index in [-0.39, 0.29) is 17.9 Å². The zero-order valence-electron chi connectivity index (χ0n) is 16.9. The van der Waals surface area contributed by atoms with E-state index in [4.69, 9.17) is 0 Å². The van der Waals surface area contributed by atoms with E-state index in [1.54, 1.807) is 11.9 Å². The summed E-state index contributed by atoms with van der Waals surface area (Å²) in [4.78, 5) is 28.9. The molecule has 1 fully saturated rings. The molecule has 29 heavy (non-hydrogen) atoms. The maximum atomic E-state index is 12.9. The van der Waals surface area contributed by atoms with Crippen LogP contribution in [0.2, 0.25) is 0 Å². The number of fused-ring (bicyclic) bond motifs is 1. The molecule has 1 aliphatic heterocycles. The van der Waals surface area contributed by atoms with Crippen molar-refractivity contribution < 1.29 is 9.59 Å². The zero-order chi connectivity index (χ0) is 20.4. The molecular formula is C24H26N2O2S. The van der Waals surface area contributed by atoms with Gasteiger partial charge in [-0.15, -0.1) is 0 Å². The van der Waals surface area contributed by atoms with E-state index in [1.165, 1.54) is 24.6 Å². The fraction of sp³-hybridized carbons (Fsp3) is 0.333. The van der Waals surface area contributed by atoms with Crippen molar-refractivity contribution in [2.75, 3.05) is 11.9 Å². The molecule has 150 valence electrons. The highest BCUT2D eigenvalue weighted by Crippen LogP contribution is 2.42. The van der Waals surface area contributed by atoms with Crippen molar-refractivity contribution in [2.45, 2.75) is 43.5 Å². The number of rotatable bonds is 3. The lowest BCUT2D eigenvalue weighted by atomic mass is 9.87. The van der Waals surface area contributed by atoms with Gasteiger partial charge < -0.3 is 10.2 Å². The van der Waals surface area contributed by atoms with Gasteiger partial charge in [-0.25, -0.2) is 0 Å². The van der Waals surface area contributed by atoms with Crippen LogP contribution in [0.25, 0.3) is 6.08 Å². The Hall–Kier alpha value is -2.53. The van der Waals surface area contributed by atoms with E-state index in [0.717, 1.165) is 34.9 Å². The van der Waals surface area contributed by atoms with Crippen LogP contribution < -0.4 is 10.2 Å². The molecule has 0 spiro atoms. The van der Waals surface area contributed by atoms with Gasteiger partial charge in [0.25, 0.3) is 11.8 Å². The van der Waals surface area contributed by atoms with E-state index in [0.29, 0.717) is 10.5 Å². The van der Waals surface area contributed by atoms with Gasteiger partial charge in [-0.3, -0.25) is 9.59 Å². The Labute approximate surface area is 176 Å². The van der Waals surface area contributed by atoms with Crippen molar-refractivity contribution in [3.63, 3.8) is 0 Å². The Morgan fingerprint density at radius 1 is 1.10 bits per heavy atom. The Bertz CT molecular complexity index is 947. The van der Waals surface area contributed by atoms with Crippen LogP contribution in [0.1, 0.15) is 48.5 Å². The minimum absolute atomic E-state index is 0.0508. The number of hydrogen-bond acceptors (Lipinski definition) is 3. The lowest BCUT2D eigenvalue weighted by Gasteiger charge is -2.28. The first-order chi connectivity index (χ1) is 14.0. The quantitative estimate of drug-likeness (QED) is 0.721. The first-order valence-electron chi connectivity index (χ1n) is 10.2. The number of carbonyl (C=O) groups excluding carboxylic acids is 2. The smallest absolute Gasteiger partial charge is 0.264 e. The molecule has 2 amide bonds. The average molecular weight is 407 g/mol. The highest BCUT2D eigenvalue weighted by Gasteiger charge is 2.28. The van der Waals surface area contributed by atoms with Gasteiger partial charge in [-0.2, -0.15) is 0 Å². The fourth-order valence-corrected chi connectivity index (χ4v) is 5.00. The van der Waals surface area contributed by atoms with Crippen molar-refractivity contribution in [1.82, 2.24) is 5.32 Å². The van der Waals surface area contributed by atoms with Crippen LogP contribution in [-0.2, 0) is 4.79 Å². The summed E-state index contributed by atoms with van der Waals surface area (Å²) in [5.74, 6) is 0.649. The lowest BCUT2D eigenvalue weighted by molar-refractivity contribution is -0.114. The normalized spacial score (nSPS) is 23.0. The predicted octanol–water partition coefficient (Wildman–Crippen LogP) is 5.10. The van der Waals surface area contributed by atoms with E-state index in [2.05, 4.69) is 12.2 Å². The average Bonchev–Trinajstić information content (AvgIpc) is 2.74. The van der Waals surface area contributed by atoms with Crippen LogP contribution in [0.5, 0.6) is 0 Å². The van der Waals surface area contributed by atoms with E-state index >= 15 is 0 Å². The highest BCUT2D eigenvalue weighted by molar-refractivity contribution is 8.04. The number of hydrogen-bond donors (Lipinski definition) is 1. The maximum Gasteiger partial charge on any atom is 0.264 e. The molecule has 4 rings (SSSR count). The minimum atomic E-state index is -0.0520. The Morgan fingerprint density at radius 3 is 2.55 bits per heavy atom. The predicted molar refractivity (Wildman–Crippen MR) is 119 cm³/mol. The molecule has 5 heteroatoms. The molecule has 4 nitrogen and oxygen atoms in total. The Balaban J connectivity index is 1.53. The number of likely N-dealkylation sites (N-methyl/N-ethyl adjacent to an activating group) is 1. The van der Waals surface area contributed by atoms with Crippen molar-refractivity contribution >= 4 is 35.3 Å². The molecular weight excluding hydrogens is 380 g/mol. The monoisotopic (exact) mass is 406 g/mol. The van der Waals surface area contributed by atoms with Crippen molar-refractivity contribution in [3.05, 3.63) is 64.6 Å². The molecule has 2 aromatic carbocycles. The van der Waals surface area contributed by atoms with E-state index < -0.39 is 0 Å². The molecule has 0 bridgehead atoms. The summed E-state index contributed by atoms with van der Waals surface area (Å²) in [6.07, 6.45) is 6.33. The van der Waals surface area contributed by atoms with Gasteiger partial charge in [0.15, 0.2) is 0 Å². The van der Waals surface area contributed by atoms with Gasteiger partial charge in [-0.1, -0.05) is 49.0 Å². The first-order valence-corrected chi connectivity index (χ1v) is 11.0. The van der Waals surface area contributed by atoms with Crippen LogP contribution in [0.15, 0.2) is 58.3 Å². The number of nitrogens with one attached hydrogen (secondary N) is 1. The lowest BCUT2D eigenvalue weighted by Crippen LogP contribution is -2.37. The van der Waals surface area contributed by atoms with Crippen molar-refractivity contribution in [1.29, 1.82) is 0 Å². The second-order valence-corrected chi connectivity index (χ2v) is 9.08.